The predicted octanol–water partition coefficient (Wildman–Crippen LogP) is 6.71. The lowest BCUT2D eigenvalue weighted by Gasteiger charge is -2.56. The van der Waals surface area contributed by atoms with E-state index in [0.717, 1.165) is 38.0 Å². The number of aliphatic hydroxyl groups is 1. The molecule has 0 aromatic rings. The minimum absolute atomic E-state index is 0.0969. The van der Waals surface area contributed by atoms with E-state index < -0.39 is 0 Å². The average Bonchev–Trinajstić information content (AvgIpc) is 2.93. The standard InChI is InChI=1S/C27H44O2/c1-17(2)7-6-8-18(3)23-16-24(29)25-21-10-9-19-15-20(28)11-13-26(19,4)22(21)12-14-27(23,25)5/h17-20,22-23,28H,6-16H2,1-5H3/t18-,19+,20?,22+,23-,26+,27-/m1/s1. The van der Waals surface area contributed by atoms with Gasteiger partial charge in [0.2, 0.25) is 0 Å². The van der Waals surface area contributed by atoms with Crippen LogP contribution in [-0.2, 0) is 4.79 Å². The highest BCUT2D eigenvalue weighted by molar-refractivity contribution is 6.00. The van der Waals surface area contributed by atoms with Gasteiger partial charge in [-0.15, -0.1) is 0 Å². The van der Waals surface area contributed by atoms with Crippen molar-refractivity contribution in [3.63, 3.8) is 0 Å². The third-order valence-corrected chi connectivity index (χ3v) is 9.96. The molecule has 0 amide bonds. The van der Waals surface area contributed by atoms with E-state index in [1.807, 2.05) is 0 Å². The van der Waals surface area contributed by atoms with Crippen molar-refractivity contribution < 1.29 is 9.90 Å². The van der Waals surface area contributed by atoms with Crippen LogP contribution in [-0.4, -0.2) is 17.0 Å². The van der Waals surface area contributed by atoms with Crippen molar-refractivity contribution >= 4 is 5.78 Å². The van der Waals surface area contributed by atoms with Gasteiger partial charge in [-0.1, -0.05) is 59.5 Å². The van der Waals surface area contributed by atoms with E-state index in [4.69, 9.17) is 0 Å². The topological polar surface area (TPSA) is 37.3 Å². The van der Waals surface area contributed by atoms with Crippen LogP contribution in [0.1, 0.15) is 105 Å². The van der Waals surface area contributed by atoms with Crippen molar-refractivity contribution in [3.05, 3.63) is 11.1 Å². The summed E-state index contributed by atoms with van der Waals surface area (Å²) in [6.45, 7) is 12.0. The molecule has 1 N–H and O–H groups in total. The first-order valence-corrected chi connectivity index (χ1v) is 12.6. The second kappa shape index (κ2) is 7.81. The largest absolute Gasteiger partial charge is 0.393 e. The highest BCUT2D eigenvalue weighted by Gasteiger charge is 2.57. The first kappa shape index (κ1) is 21.6. The molecule has 164 valence electrons. The number of Topliss-reactive ketones (excluding diaryl/α,β-unsaturated/α-hetero) is 1. The van der Waals surface area contributed by atoms with Gasteiger partial charge in [-0.3, -0.25) is 4.79 Å². The molecule has 0 radical (unpaired) electrons. The molecule has 0 heterocycles. The van der Waals surface area contributed by atoms with Crippen LogP contribution in [0.5, 0.6) is 0 Å². The zero-order valence-electron chi connectivity index (χ0n) is 19.6. The van der Waals surface area contributed by atoms with E-state index >= 15 is 0 Å². The Morgan fingerprint density at radius 1 is 1.07 bits per heavy atom. The molecule has 1 unspecified atom stereocenters. The number of ketones is 1. The summed E-state index contributed by atoms with van der Waals surface area (Å²) in [7, 11) is 0. The van der Waals surface area contributed by atoms with Crippen molar-refractivity contribution in [2.75, 3.05) is 0 Å². The highest BCUT2D eigenvalue weighted by Crippen LogP contribution is 2.65. The summed E-state index contributed by atoms with van der Waals surface area (Å²) >= 11 is 0. The third kappa shape index (κ3) is 3.56. The maximum atomic E-state index is 13.4. The van der Waals surface area contributed by atoms with Gasteiger partial charge in [0.15, 0.2) is 5.78 Å². The summed E-state index contributed by atoms with van der Waals surface area (Å²) in [4.78, 5) is 13.4. The Kier molecular flexibility index (Phi) is 5.82. The van der Waals surface area contributed by atoms with Gasteiger partial charge in [0.05, 0.1) is 6.10 Å². The Balaban J connectivity index is 1.59. The first-order valence-electron chi connectivity index (χ1n) is 12.6. The monoisotopic (exact) mass is 400 g/mol. The number of rotatable bonds is 5. The van der Waals surface area contributed by atoms with E-state index in [1.165, 1.54) is 44.1 Å². The molecular formula is C27H44O2. The lowest BCUT2D eigenvalue weighted by Crippen LogP contribution is -2.48. The van der Waals surface area contributed by atoms with Gasteiger partial charge in [-0.05, 0) is 85.4 Å². The maximum absolute atomic E-state index is 13.4. The fourth-order valence-corrected chi connectivity index (χ4v) is 8.22. The van der Waals surface area contributed by atoms with E-state index in [2.05, 4.69) is 34.6 Å². The van der Waals surface area contributed by atoms with Crippen LogP contribution in [0.25, 0.3) is 0 Å². The van der Waals surface area contributed by atoms with Crippen molar-refractivity contribution in [2.45, 2.75) is 111 Å². The normalized spacial score (nSPS) is 43.2. The van der Waals surface area contributed by atoms with Gasteiger partial charge in [0.1, 0.15) is 0 Å². The number of hydrogen-bond acceptors (Lipinski definition) is 2. The Morgan fingerprint density at radius 2 is 1.83 bits per heavy atom. The molecule has 0 spiro atoms. The second-order valence-electron chi connectivity index (χ2n) is 12.1. The van der Waals surface area contributed by atoms with E-state index in [0.29, 0.717) is 34.9 Å². The van der Waals surface area contributed by atoms with Crippen molar-refractivity contribution in [2.24, 2.45) is 40.4 Å². The predicted molar refractivity (Wildman–Crippen MR) is 120 cm³/mol. The third-order valence-electron chi connectivity index (χ3n) is 9.96. The van der Waals surface area contributed by atoms with Crippen LogP contribution in [0.15, 0.2) is 11.1 Å². The van der Waals surface area contributed by atoms with Crippen LogP contribution in [0.2, 0.25) is 0 Å². The van der Waals surface area contributed by atoms with E-state index in [-0.39, 0.29) is 11.5 Å². The van der Waals surface area contributed by atoms with Gasteiger partial charge >= 0.3 is 0 Å². The van der Waals surface area contributed by atoms with Crippen molar-refractivity contribution in [1.82, 2.24) is 0 Å². The number of aliphatic hydroxyl groups excluding tert-OH is 1. The highest BCUT2D eigenvalue weighted by atomic mass is 16.3. The number of fused-ring (bicyclic) bond motifs is 4. The molecule has 4 aliphatic carbocycles. The lowest BCUT2D eigenvalue weighted by atomic mass is 9.48. The van der Waals surface area contributed by atoms with Crippen molar-refractivity contribution in [1.29, 1.82) is 0 Å². The van der Waals surface area contributed by atoms with Gasteiger partial charge < -0.3 is 5.11 Å². The van der Waals surface area contributed by atoms with Crippen LogP contribution in [0.4, 0.5) is 0 Å². The first-order chi connectivity index (χ1) is 13.7. The molecule has 0 bridgehead atoms. The van der Waals surface area contributed by atoms with E-state index in [1.54, 1.807) is 5.57 Å². The average molecular weight is 401 g/mol. The summed E-state index contributed by atoms with van der Waals surface area (Å²) in [5.41, 5.74) is 3.29. The van der Waals surface area contributed by atoms with Crippen molar-refractivity contribution in [3.8, 4) is 0 Å². The molecule has 4 rings (SSSR count). The Labute approximate surface area is 178 Å². The van der Waals surface area contributed by atoms with E-state index in [9.17, 15) is 9.90 Å². The summed E-state index contributed by atoms with van der Waals surface area (Å²) in [5, 5.41) is 10.2. The van der Waals surface area contributed by atoms with Crippen LogP contribution >= 0.6 is 0 Å². The Morgan fingerprint density at radius 3 is 2.55 bits per heavy atom. The number of hydrogen-bond donors (Lipinski definition) is 1. The number of carbonyl (C=O) groups is 1. The van der Waals surface area contributed by atoms with Crippen LogP contribution < -0.4 is 0 Å². The summed E-state index contributed by atoms with van der Waals surface area (Å²) in [5.74, 6) is 3.70. The molecule has 0 aliphatic heterocycles. The zero-order valence-corrected chi connectivity index (χ0v) is 19.6. The SMILES string of the molecule is CC(C)CCC[C@@H](C)[C@H]1CC(=O)C2=C3CC[C@H]4CC(O)CC[C@]4(C)[C@H]3CC[C@@]21C. The fourth-order valence-electron chi connectivity index (χ4n) is 8.22. The lowest BCUT2D eigenvalue weighted by molar-refractivity contribution is -0.115. The van der Waals surface area contributed by atoms with Gasteiger partial charge in [0, 0.05) is 12.0 Å². The Hall–Kier alpha value is -0.630. The zero-order chi connectivity index (χ0) is 21.0. The molecular weight excluding hydrogens is 356 g/mol. The summed E-state index contributed by atoms with van der Waals surface area (Å²) in [6.07, 6.45) is 12.4. The summed E-state index contributed by atoms with van der Waals surface area (Å²) in [6, 6.07) is 0. The summed E-state index contributed by atoms with van der Waals surface area (Å²) < 4.78 is 0. The molecule has 0 aromatic heterocycles. The molecule has 0 aromatic carbocycles. The molecule has 3 fully saturated rings. The maximum Gasteiger partial charge on any atom is 0.159 e. The molecule has 2 heteroatoms. The molecule has 7 atom stereocenters. The quantitative estimate of drug-likeness (QED) is 0.556. The second-order valence-corrected chi connectivity index (χ2v) is 12.1. The molecule has 29 heavy (non-hydrogen) atoms. The minimum atomic E-state index is -0.0969. The van der Waals surface area contributed by atoms with Gasteiger partial charge in [-0.25, -0.2) is 0 Å². The van der Waals surface area contributed by atoms with Gasteiger partial charge in [-0.2, -0.15) is 0 Å². The molecule has 2 nitrogen and oxygen atoms in total. The molecule has 4 aliphatic rings. The van der Waals surface area contributed by atoms with Crippen LogP contribution in [0, 0.1) is 40.4 Å². The smallest absolute Gasteiger partial charge is 0.159 e. The van der Waals surface area contributed by atoms with Gasteiger partial charge in [0.25, 0.3) is 0 Å². The Bertz CT molecular complexity index is 676. The molecule has 3 saturated carbocycles. The molecule has 0 saturated heterocycles. The number of carbonyl (C=O) groups excluding carboxylic acids is 1. The number of allylic oxidation sites excluding steroid dienone is 2. The fraction of sp³-hybridized carbons (Fsp3) is 0.889. The minimum Gasteiger partial charge on any atom is -0.393 e. The van der Waals surface area contributed by atoms with Crippen LogP contribution in [0.3, 0.4) is 0 Å².